The summed E-state index contributed by atoms with van der Waals surface area (Å²) in [6.45, 7) is 1.94. The first-order chi connectivity index (χ1) is 10.8. The first-order valence-corrected chi connectivity index (χ1v) is 8.46. The zero-order valence-corrected chi connectivity index (χ0v) is 14.4. The molecule has 124 valence electrons. The molecule has 0 fully saturated rings. The highest BCUT2D eigenvalue weighted by atomic mass is 32.2. The van der Waals surface area contributed by atoms with Gasteiger partial charge in [-0.2, -0.15) is 0 Å². The standard InChI is InChI=1S/C15H20N4O3S/c1-11-9-12(18-15(17-11)19(2)3)10-16-23(20,21)14-7-5-13(22-4)6-8-14/h5-9,16H,10H2,1-4H3. The summed E-state index contributed by atoms with van der Waals surface area (Å²) in [4.78, 5) is 10.6. The third-order valence-electron chi connectivity index (χ3n) is 3.11. The molecule has 23 heavy (non-hydrogen) atoms. The Morgan fingerprint density at radius 2 is 1.83 bits per heavy atom. The molecular weight excluding hydrogens is 316 g/mol. The van der Waals surface area contributed by atoms with Crippen LogP contribution in [0.1, 0.15) is 11.4 Å². The van der Waals surface area contributed by atoms with Crippen molar-refractivity contribution in [1.29, 1.82) is 0 Å². The molecule has 1 heterocycles. The molecule has 0 spiro atoms. The summed E-state index contributed by atoms with van der Waals surface area (Å²) in [7, 11) is 1.59. The predicted molar refractivity (Wildman–Crippen MR) is 88.1 cm³/mol. The van der Waals surface area contributed by atoms with Gasteiger partial charge in [0.05, 0.1) is 24.2 Å². The van der Waals surface area contributed by atoms with Crippen LogP contribution in [-0.2, 0) is 16.6 Å². The van der Waals surface area contributed by atoms with Gasteiger partial charge in [0.25, 0.3) is 0 Å². The van der Waals surface area contributed by atoms with Crippen molar-refractivity contribution in [2.24, 2.45) is 0 Å². The van der Waals surface area contributed by atoms with Crippen LogP contribution in [0, 0.1) is 6.92 Å². The first kappa shape index (κ1) is 17.2. The number of anilines is 1. The normalized spacial score (nSPS) is 11.3. The number of aromatic nitrogens is 2. The molecule has 2 aromatic rings. The van der Waals surface area contributed by atoms with Crippen molar-refractivity contribution in [3.05, 3.63) is 41.7 Å². The van der Waals surface area contributed by atoms with Crippen molar-refractivity contribution in [1.82, 2.24) is 14.7 Å². The Kier molecular flexibility index (Phi) is 5.17. The summed E-state index contributed by atoms with van der Waals surface area (Å²) in [5, 5.41) is 0. The molecule has 0 aliphatic rings. The quantitative estimate of drug-likeness (QED) is 0.857. The van der Waals surface area contributed by atoms with Gasteiger partial charge in [0.2, 0.25) is 16.0 Å². The molecule has 1 aromatic carbocycles. The number of ether oxygens (including phenoxy) is 1. The second-order valence-corrected chi connectivity index (χ2v) is 6.96. The molecule has 8 heteroatoms. The molecule has 0 aliphatic carbocycles. The highest BCUT2D eigenvalue weighted by Crippen LogP contribution is 2.16. The van der Waals surface area contributed by atoms with E-state index in [0.29, 0.717) is 17.4 Å². The number of nitrogens with zero attached hydrogens (tertiary/aromatic N) is 3. The lowest BCUT2D eigenvalue weighted by atomic mass is 10.3. The summed E-state index contributed by atoms with van der Waals surface area (Å²) in [5.41, 5.74) is 1.39. The van der Waals surface area contributed by atoms with E-state index in [4.69, 9.17) is 4.74 Å². The number of nitrogens with one attached hydrogen (secondary N) is 1. The topological polar surface area (TPSA) is 84.4 Å². The minimum Gasteiger partial charge on any atom is -0.497 e. The summed E-state index contributed by atoms with van der Waals surface area (Å²) >= 11 is 0. The largest absolute Gasteiger partial charge is 0.497 e. The lowest BCUT2D eigenvalue weighted by Crippen LogP contribution is -2.24. The van der Waals surface area contributed by atoms with Gasteiger partial charge in [0, 0.05) is 19.8 Å². The number of hydrogen-bond donors (Lipinski definition) is 1. The van der Waals surface area contributed by atoms with E-state index in [1.54, 1.807) is 23.1 Å². The van der Waals surface area contributed by atoms with E-state index in [1.165, 1.54) is 19.2 Å². The zero-order chi connectivity index (χ0) is 17.0. The molecule has 0 atom stereocenters. The second-order valence-electron chi connectivity index (χ2n) is 5.20. The Balaban J connectivity index is 2.15. The molecule has 0 radical (unpaired) electrons. The fraction of sp³-hybridized carbons (Fsp3) is 0.333. The Labute approximate surface area is 136 Å². The van der Waals surface area contributed by atoms with E-state index in [-0.39, 0.29) is 11.4 Å². The molecule has 0 saturated heterocycles. The Bertz CT molecular complexity index is 774. The number of benzene rings is 1. The van der Waals surface area contributed by atoms with E-state index >= 15 is 0 Å². The van der Waals surface area contributed by atoms with Crippen LogP contribution in [0.15, 0.2) is 35.2 Å². The van der Waals surface area contributed by atoms with Crippen LogP contribution in [0.25, 0.3) is 0 Å². The number of rotatable bonds is 6. The third-order valence-corrected chi connectivity index (χ3v) is 4.53. The molecule has 0 bridgehead atoms. The number of sulfonamides is 1. The van der Waals surface area contributed by atoms with Gasteiger partial charge in [-0.3, -0.25) is 0 Å². The summed E-state index contributed by atoms with van der Waals surface area (Å²) in [6.07, 6.45) is 0. The first-order valence-electron chi connectivity index (χ1n) is 6.97. The molecule has 1 aromatic heterocycles. The molecule has 0 saturated carbocycles. The van der Waals surface area contributed by atoms with Crippen molar-refractivity contribution < 1.29 is 13.2 Å². The zero-order valence-electron chi connectivity index (χ0n) is 13.6. The van der Waals surface area contributed by atoms with Crippen LogP contribution >= 0.6 is 0 Å². The highest BCUT2D eigenvalue weighted by molar-refractivity contribution is 7.89. The molecule has 0 amide bonds. The summed E-state index contributed by atoms with van der Waals surface area (Å²) in [5.74, 6) is 1.15. The smallest absolute Gasteiger partial charge is 0.240 e. The summed E-state index contributed by atoms with van der Waals surface area (Å²) < 4.78 is 32.2. The van der Waals surface area contributed by atoms with Crippen molar-refractivity contribution in [3.63, 3.8) is 0 Å². The van der Waals surface area contributed by atoms with E-state index in [2.05, 4.69) is 14.7 Å². The highest BCUT2D eigenvalue weighted by Gasteiger charge is 2.14. The minimum absolute atomic E-state index is 0.0958. The van der Waals surface area contributed by atoms with Crippen LogP contribution in [0.2, 0.25) is 0 Å². The van der Waals surface area contributed by atoms with E-state index in [1.807, 2.05) is 21.0 Å². The van der Waals surface area contributed by atoms with Gasteiger partial charge in [-0.15, -0.1) is 0 Å². The van der Waals surface area contributed by atoms with Crippen LogP contribution in [0.5, 0.6) is 5.75 Å². The van der Waals surface area contributed by atoms with Gasteiger partial charge < -0.3 is 9.64 Å². The number of aryl methyl sites for hydroxylation is 1. The Hall–Kier alpha value is -2.19. The molecule has 0 unspecified atom stereocenters. The Morgan fingerprint density at radius 1 is 1.17 bits per heavy atom. The van der Waals surface area contributed by atoms with Crippen molar-refractivity contribution in [3.8, 4) is 5.75 Å². The minimum atomic E-state index is -3.61. The van der Waals surface area contributed by atoms with E-state index in [9.17, 15) is 8.42 Å². The third kappa shape index (κ3) is 4.40. The molecule has 1 N–H and O–H groups in total. The fourth-order valence-corrected chi connectivity index (χ4v) is 2.91. The molecule has 7 nitrogen and oxygen atoms in total. The van der Waals surface area contributed by atoms with Crippen LogP contribution in [-0.4, -0.2) is 39.6 Å². The average Bonchev–Trinajstić information content (AvgIpc) is 2.52. The molecule has 0 aliphatic heterocycles. The Morgan fingerprint density at radius 3 is 2.39 bits per heavy atom. The van der Waals surface area contributed by atoms with Crippen LogP contribution in [0.3, 0.4) is 0 Å². The van der Waals surface area contributed by atoms with E-state index < -0.39 is 10.0 Å². The predicted octanol–water partition coefficient (Wildman–Crippen LogP) is 1.34. The summed E-state index contributed by atoms with van der Waals surface area (Å²) in [6, 6.07) is 7.96. The van der Waals surface area contributed by atoms with Gasteiger partial charge in [-0.25, -0.2) is 23.1 Å². The van der Waals surface area contributed by atoms with Gasteiger partial charge in [-0.1, -0.05) is 0 Å². The van der Waals surface area contributed by atoms with Gasteiger partial charge in [-0.05, 0) is 37.3 Å². The number of hydrogen-bond acceptors (Lipinski definition) is 6. The average molecular weight is 336 g/mol. The second kappa shape index (κ2) is 6.93. The van der Waals surface area contributed by atoms with E-state index in [0.717, 1.165) is 5.69 Å². The van der Waals surface area contributed by atoms with Crippen molar-refractivity contribution in [2.45, 2.75) is 18.4 Å². The van der Waals surface area contributed by atoms with Crippen LogP contribution < -0.4 is 14.4 Å². The van der Waals surface area contributed by atoms with Gasteiger partial charge in [0.1, 0.15) is 5.75 Å². The molecular formula is C15H20N4O3S. The monoisotopic (exact) mass is 336 g/mol. The van der Waals surface area contributed by atoms with Gasteiger partial charge >= 0.3 is 0 Å². The lowest BCUT2D eigenvalue weighted by Gasteiger charge is -2.13. The maximum Gasteiger partial charge on any atom is 0.240 e. The van der Waals surface area contributed by atoms with Crippen LogP contribution in [0.4, 0.5) is 5.95 Å². The van der Waals surface area contributed by atoms with Crippen molar-refractivity contribution in [2.75, 3.05) is 26.1 Å². The lowest BCUT2D eigenvalue weighted by molar-refractivity contribution is 0.414. The fourth-order valence-electron chi connectivity index (χ4n) is 1.91. The maximum absolute atomic E-state index is 12.3. The number of methoxy groups -OCH3 is 1. The van der Waals surface area contributed by atoms with Gasteiger partial charge in [0.15, 0.2) is 0 Å². The van der Waals surface area contributed by atoms with Crippen molar-refractivity contribution >= 4 is 16.0 Å². The maximum atomic E-state index is 12.3. The molecule has 2 rings (SSSR count). The SMILES string of the molecule is COc1ccc(S(=O)(=O)NCc2cc(C)nc(N(C)C)n2)cc1.